The third kappa shape index (κ3) is 4.61. The Kier molecular flexibility index (Phi) is 5.57. The maximum Gasteiger partial charge on any atom is 0.305 e. The molecular formula is C15H15ClN2O4. The number of furan rings is 1. The molecule has 6 nitrogen and oxygen atoms in total. The standard InChI is InChI=1S/C15H15ClN2O4/c1-21-9-12-6-7-13(22-12)15(20)18-17-14(19)8-10-2-4-11(16)5-3-10/h2-7H,8-9H2,1H3,(H,17,19)(H,18,20). The molecule has 0 spiro atoms. The first kappa shape index (κ1) is 16.1. The van der Waals surface area contributed by atoms with Crippen LogP contribution in [0.3, 0.4) is 0 Å². The second-order valence-corrected chi connectivity index (χ2v) is 4.94. The monoisotopic (exact) mass is 322 g/mol. The molecule has 0 atom stereocenters. The van der Waals surface area contributed by atoms with Crippen LogP contribution in [-0.2, 0) is 22.6 Å². The highest BCUT2D eigenvalue weighted by molar-refractivity contribution is 6.30. The van der Waals surface area contributed by atoms with Crippen LogP contribution in [0, 0.1) is 0 Å². The molecule has 2 rings (SSSR count). The molecule has 0 aliphatic rings. The molecule has 0 radical (unpaired) electrons. The Bertz CT molecular complexity index is 652. The topological polar surface area (TPSA) is 80.6 Å². The lowest BCUT2D eigenvalue weighted by Crippen LogP contribution is -2.42. The van der Waals surface area contributed by atoms with Gasteiger partial charge in [0.05, 0.1) is 6.42 Å². The quantitative estimate of drug-likeness (QED) is 0.826. The minimum atomic E-state index is -0.535. The fourth-order valence-electron chi connectivity index (χ4n) is 1.74. The second kappa shape index (κ2) is 7.63. The van der Waals surface area contributed by atoms with E-state index >= 15 is 0 Å². The number of hydrogen-bond donors (Lipinski definition) is 2. The van der Waals surface area contributed by atoms with Crippen molar-refractivity contribution in [1.29, 1.82) is 0 Å². The number of amides is 2. The predicted molar refractivity (Wildman–Crippen MR) is 80.2 cm³/mol. The summed E-state index contributed by atoms with van der Waals surface area (Å²) in [5.41, 5.74) is 5.40. The highest BCUT2D eigenvalue weighted by Crippen LogP contribution is 2.10. The Hall–Kier alpha value is -2.31. The molecular weight excluding hydrogens is 308 g/mol. The van der Waals surface area contributed by atoms with Gasteiger partial charge in [-0.2, -0.15) is 0 Å². The van der Waals surface area contributed by atoms with Crippen molar-refractivity contribution in [3.05, 3.63) is 58.5 Å². The summed E-state index contributed by atoms with van der Waals surface area (Å²) in [7, 11) is 1.53. The molecule has 0 aliphatic heterocycles. The Labute approximate surface area is 132 Å². The van der Waals surface area contributed by atoms with Gasteiger partial charge in [-0.05, 0) is 29.8 Å². The highest BCUT2D eigenvalue weighted by atomic mass is 35.5. The Balaban J connectivity index is 1.82. The van der Waals surface area contributed by atoms with Gasteiger partial charge in [0.25, 0.3) is 0 Å². The van der Waals surface area contributed by atoms with Gasteiger partial charge < -0.3 is 9.15 Å². The van der Waals surface area contributed by atoms with E-state index in [-0.39, 0.29) is 24.7 Å². The Morgan fingerprint density at radius 1 is 1.14 bits per heavy atom. The average Bonchev–Trinajstić information content (AvgIpc) is 2.96. The number of hydrazine groups is 1. The number of carbonyl (C=O) groups excluding carboxylic acids is 2. The van der Waals surface area contributed by atoms with E-state index in [1.54, 1.807) is 30.3 Å². The third-order valence-electron chi connectivity index (χ3n) is 2.77. The summed E-state index contributed by atoms with van der Waals surface area (Å²) in [6.07, 6.45) is 0.129. The first-order valence-corrected chi connectivity index (χ1v) is 6.87. The molecule has 0 fully saturated rings. The molecule has 0 saturated heterocycles. The summed E-state index contributed by atoms with van der Waals surface area (Å²) in [6, 6.07) is 10.0. The molecule has 0 aliphatic carbocycles. The van der Waals surface area contributed by atoms with Crippen molar-refractivity contribution in [1.82, 2.24) is 10.9 Å². The normalized spacial score (nSPS) is 10.3. The van der Waals surface area contributed by atoms with Crippen molar-refractivity contribution in [2.75, 3.05) is 7.11 Å². The van der Waals surface area contributed by atoms with Gasteiger partial charge in [0.2, 0.25) is 5.91 Å². The molecule has 0 saturated carbocycles. The van der Waals surface area contributed by atoms with Crippen LogP contribution in [0.1, 0.15) is 21.9 Å². The van der Waals surface area contributed by atoms with Crippen LogP contribution in [0.15, 0.2) is 40.8 Å². The third-order valence-corrected chi connectivity index (χ3v) is 3.02. The van der Waals surface area contributed by atoms with Gasteiger partial charge in [-0.1, -0.05) is 23.7 Å². The van der Waals surface area contributed by atoms with Crippen molar-refractivity contribution in [3.63, 3.8) is 0 Å². The van der Waals surface area contributed by atoms with Gasteiger partial charge in [0, 0.05) is 12.1 Å². The zero-order valence-electron chi connectivity index (χ0n) is 11.9. The molecule has 7 heteroatoms. The number of rotatable bonds is 5. The van der Waals surface area contributed by atoms with Crippen LogP contribution in [-0.4, -0.2) is 18.9 Å². The minimum Gasteiger partial charge on any atom is -0.453 e. The molecule has 2 amide bonds. The van der Waals surface area contributed by atoms with Crippen molar-refractivity contribution >= 4 is 23.4 Å². The fourth-order valence-corrected chi connectivity index (χ4v) is 1.87. The smallest absolute Gasteiger partial charge is 0.305 e. The molecule has 1 aromatic heterocycles. The molecule has 2 N–H and O–H groups in total. The van der Waals surface area contributed by atoms with Crippen LogP contribution >= 0.6 is 11.6 Å². The van der Waals surface area contributed by atoms with Gasteiger partial charge >= 0.3 is 5.91 Å². The van der Waals surface area contributed by atoms with Gasteiger partial charge in [0.15, 0.2) is 5.76 Å². The van der Waals surface area contributed by atoms with E-state index in [2.05, 4.69) is 10.9 Å². The molecule has 116 valence electrons. The molecule has 0 unspecified atom stereocenters. The lowest BCUT2D eigenvalue weighted by Gasteiger charge is -2.06. The van der Waals surface area contributed by atoms with Crippen LogP contribution in [0.2, 0.25) is 5.02 Å². The van der Waals surface area contributed by atoms with Gasteiger partial charge in [0.1, 0.15) is 12.4 Å². The van der Waals surface area contributed by atoms with Gasteiger partial charge in [-0.25, -0.2) is 0 Å². The summed E-state index contributed by atoms with van der Waals surface area (Å²) in [5, 5.41) is 0.599. The lowest BCUT2D eigenvalue weighted by atomic mass is 10.1. The average molecular weight is 323 g/mol. The van der Waals surface area contributed by atoms with Crippen LogP contribution in [0.25, 0.3) is 0 Å². The van der Waals surface area contributed by atoms with Crippen molar-refractivity contribution in [2.24, 2.45) is 0 Å². The summed E-state index contributed by atoms with van der Waals surface area (Å²) < 4.78 is 10.1. The number of nitrogens with one attached hydrogen (secondary N) is 2. The summed E-state index contributed by atoms with van der Waals surface area (Å²) >= 11 is 5.77. The first-order valence-electron chi connectivity index (χ1n) is 6.50. The molecule has 22 heavy (non-hydrogen) atoms. The summed E-state index contributed by atoms with van der Waals surface area (Å²) in [5.74, 6) is -0.259. The zero-order valence-corrected chi connectivity index (χ0v) is 12.6. The van der Waals surface area contributed by atoms with E-state index in [0.29, 0.717) is 10.8 Å². The van der Waals surface area contributed by atoms with Gasteiger partial charge in [-0.15, -0.1) is 0 Å². The van der Waals surface area contributed by atoms with Crippen LogP contribution in [0.5, 0.6) is 0 Å². The largest absolute Gasteiger partial charge is 0.453 e. The Morgan fingerprint density at radius 3 is 2.55 bits per heavy atom. The van der Waals surface area contributed by atoms with E-state index < -0.39 is 5.91 Å². The molecule has 1 heterocycles. The minimum absolute atomic E-state index is 0.0962. The summed E-state index contributed by atoms with van der Waals surface area (Å²) in [6.45, 7) is 0.274. The number of hydrogen-bond acceptors (Lipinski definition) is 4. The zero-order chi connectivity index (χ0) is 15.9. The van der Waals surface area contributed by atoms with E-state index in [4.69, 9.17) is 20.8 Å². The summed E-state index contributed by atoms with van der Waals surface area (Å²) in [4.78, 5) is 23.5. The SMILES string of the molecule is COCc1ccc(C(=O)NNC(=O)Cc2ccc(Cl)cc2)o1. The van der Waals surface area contributed by atoms with Crippen molar-refractivity contribution in [2.45, 2.75) is 13.0 Å². The van der Waals surface area contributed by atoms with Crippen LogP contribution in [0.4, 0.5) is 0 Å². The van der Waals surface area contributed by atoms with Crippen molar-refractivity contribution < 1.29 is 18.7 Å². The van der Waals surface area contributed by atoms with Crippen molar-refractivity contribution in [3.8, 4) is 0 Å². The van der Waals surface area contributed by atoms with E-state index in [1.807, 2.05) is 0 Å². The molecule has 1 aromatic carbocycles. The number of ether oxygens (including phenoxy) is 1. The van der Waals surface area contributed by atoms with Gasteiger partial charge in [-0.3, -0.25) is 20.4 Å². The molecule has 2 aromatic rings. The predicted octanol–water partition coefficient (Wildman–Crippen LogP) is 2.08. The van der Waals surface area contributed by atoms with E-state index in [9.17, 15) is 9.59 Å². The molecule has 0 bridgehead atoms. The number of carbonyl (C=O) groups is 2. The maximum absolute atomic E-state index is 11.8. The number of halogens is 1. The maximum atomic E-state index is 11.8. The van der Waals surface area contributed by atoms with E-state index in [0.717, 1.165) is 5.56 Å². The number of methoxy groups -OCH3 is 1. The lowest BCUT2D eigenvalue weighted by molar-refractivity contribution is -0.121. The van der Waals surface area contributed by atoms with Crippen LogP contribution < -0.4 is 10.9 Å². The number of benzene rings is 1. The van der Waals surface area contributed by atoms with E-state index in [1.165, 1.54) is 13.2 Å². The highest BCUT2D eigenvalue weighted by Gasteiger charge is 2.12. The second-order valence-electron chi connectivity index (χ2n) is 4.50. The Morgan fingerprint density at radius 2 is 1.86 bits per heavy atom. The fraction of sp³-hybridized carbons (Fsp3) is 0.200. The first-order chi connectivity index (χ1) is 10.6.